The zero-order valence-corrected chi connectivity index (χ0v) is 14.3. The van der Waals surface area contributed by atoms with Gasteiger partial charge in [-0.25, -0.2) is 0 Å². The van der Waals surface area contributed by atoms with Crippen LogP contribution >= 0.6 is 0 Å². The lowest BCUT2D eigenvalue weighted by Crippen LogP contribution is -2.53. The summed E-state index contributed by atoms with van der Waals surface area (Å²) < 4.78 is 0. The van der Waals surface area contributed by atoms with Crippen molar-refractivity contribution in [3.8, 4) is 0 Å². The van der Waals surface area contributed by atoms with E-state index in [1.54, 1.807) is 7.05 Å². The van der Waals surface area contributed by atoms with Crippen LogP contribution in [0.5, 0.6) is 0 Å². The first-order valence-electron chi connectivity index (χ1n) is 9.17. The maximum Gasteiger partial charge on any atom is 0.251 e. The molecule has 0 atom stereocenters. The molecular weight excluding hydrogens is 300 g/mol. The van der Waals surface area contributed by atoms with Crippen LogP contribution in [0.2, 0.25) is 0 Å². The van der Waals surface area contributed by atoms with Gasteiger partial charge in [0.15, 0.2) is 0 Å². The molecule has 4 heteroatoms. The van der Waals surface area contributed by atoms with Gasteiger partial charge in [-0.2, -0.15) is 0 Å². The molecule has 4 fully saturated rings. The van der Waals surface area contributed by atoms with Crippen LogP contribution < -0.4 is 10.6 Å². The predicted octanol–water partition coefficient (Wildman–Crippen LogP) is 2.88. The van der Waals surface area contributed by atoms with Crippen molar-refractivity contribution in [1.29, 1.82) is 0 Å². The zero-order chi connectivity index (χ0) is 16.7. The Morgan fingerprint density at radius 3 is 2.04 bits per heavy atom. The molecule has 1 aromatic rings. The molecule has 0 radical (unpaired) electrons. The van der Waals surface area contributed by atoms with Crippen LogP contribution in [0.3, 0.4) is 0 Å². The first-order chi connectivity index (χ1) is 11.6. The second-order valence-corrected chi connectivity index (χ2v) is 8.16. The minimum atomic E-state index is -0.0865. The molecule has 2 N–H and O–H groups in total. The molecule has 0 saturated heterocycles. The van der Waals surface area contributed by atoms with Gasteiger partial charge < -0.3 is 10.6 Å². The summed E-state index contributed by atoms with van der Waals surface area (Å²) in [4.78, 5) is 24.5. The highest BCUT2D eigenvalue weighted by Crippen LogP contribution is 2.60. The summed E-state index contributed by atoms with van der Waals surface area (Å²) in [6, 6.07) is 7.46. The van der Waals surface area contributed by atoms with Gasteiger partial charge in [0.1, 0.15) is 0 Å². The van der Waals surface area contributed by atoms with Crippen molar-refractivity contribution in [3.05, 3.63) is 35.4 Å². The van der Waals surface area contributed by atoms with Crippen molar-refractivity contribution < 1.29 is 9.59 Å². The normalized spacial score (nSPS) is 33.3. The van der Waals surface area contributed by atoms with Crippen molar-refractivity contribution in [2.75, 3.05) is 7.05 Å². The van der Waals surface area contributed by atoms with Crippen LogP contribution in [-0.2, 0) is 11.3 Å². The summed E-state index contributed by atoms with van der Waals surface area (Å²) in [5.41, 5.74) is 1.60. The molecule has 0 aromatic heterocycles. The molecule has 4 bridgehead atoms. The Hall–Kier alpha value is -1.84. The van der Waals surface area contributed by atoms with E-state index in [0.29, 0.717) is 12.1 Å². The van der Waals surface area contributed by atoms with Gasteiger partial charge in [-0.15, -0.1) is 0 Å². The number of nitrogens with one attached hydrogen (secondary N) is 2. The number of carbonyl (C=O) groups is 2. The number of hydrogen-bond donors (Lipinski definition) is 2. The first-order valence-corrected chi connectivity index (χ1v) is 9.17. The Labute approximate surface area is 143 Å². The molecule has 0 unspecified atom stereocenters. The third-order valence-corrected chi connectivity index (χ3v) is 6.42. The van der Waals surface area contributed by atoms with E-state index in [-0.39, 0.29) is 17.2 Å². The zero-order valence-electron chi connectivity index (χ0n) is 14.3. The number of rotatable bonds is 4. The maximum absolute atomic E-state index is 12.9. The number of carbonyl (C=O) groups excluding carboxylic acids is 2. The van der Waals surface area contributed by atoms with Crippen molar-refractivity contribution in [2.45, 2.75) is 45.1 Å². The van der Waals surface area contributed by atoms with E-state index < -0.39 is 0 Å². The molecule has 0 aliphatic heterocycles. The van der Waals surface area contributed by atoms with Crippen LogP contribution in [0, 0.1) is 23.2 Å². The second kappa shape index (κ2) is 5.91. The Morgan fingerprint density at radius 2 is 1.54 bits per heavy atom. The monoisotopic (exact) mass is 326 g/mol. The molecular formula is C20H26N2O2. The largest absolute Gasteiger partial charge is 0.355 e. The quantitative estimate of drug-likeness (QED) is 0.894. The average molecular weight is 326 g/mol. The van der Waals surface area contributed by atoms with E-state index in [2.05, 4.69) is 10.6 Å². The summed E-state index contributed by atoms with van der Waals surface area (Å²) in [7, 11) is 1.63. The lowest BCUT2D eigenvalue weighted by molar-refractivity contribution is -0.146. The van der Waals surface area contributed by atoms with Crippen molar-refractivity contribution >= 4 is 11.8 Å². The predicted molar refractivity (Wildman–Crippen MR) is 92.3 cm³/mol. The van der Waals surface area contributed by atoms with E-state index in [1.807, 2.05) is 24.3 Å². The van der Waals surface area contributed by atoms with E-state index in [9.17, 15) is 9.59 Å². The van der Waals surface area contributed by atoms with Crippen LogP contribution in [0.25, 0.3) is 0 Å². The topological polar surface area (TPSA) is 58.2 Å². The van der Waals surface area contributed by atoms with E-state index in [4.69, 9.17) is 0 Å². The first kappa shape index (κ1) is 15.7. The maximum atomic E-state index is 12.9. The van der Waals surface area contributed by atoms with Crippen LogP contribution in [-0.4, -0.2) is 18.9 Å². The minimum absolute atomic E-state index is 0.0841. The lowest BCUT2D eigenvalue weighted by Gasteiger charge is -2.55. The number of amides is 2. The van der Waals surface area contributed by atoms with Gasteiger partial charge >= 0.3 is 0 Å². The van der Waals surface area contributed by atoms with E-state index in [1.165, 1.54) is 19.3 Å². The summed E-state index contributed by atoms with van der Waals surface area (Å²) in [5, 5.41) is 5.80. The minimum Gasteiger partial charge on any atom is -0.355 e. The molecule has 1 aromatic carbocycles. The van der Waals surface area contributed by atoms with Crippen molar-refractivity contribution in [3.63, 3.8) is 0 Å². The van der Waals surface area contributed by atoms with Gasteiger partial charge in [0.2, 0.25) is 5.91 Å². The summed E-state index contributed by atoms with van der Waals surface area (Å²) in [6.07, 6.45) is 7.36. The average Bonchev–Trinajstić information content (AvgIpc) is 2.58. The molecule has 24 heavy (non-hydrogen) atoms. The molecule has 4 saturated carbocycles. The molecule has 4 aliphatic rings. The number of benzene rings is 1. The lowest BCUT2D eigenvalue weighted by atomic mass is 9.49. The highest BCUT2D eigenvalue weighted by atomic mass is 16.2. The van der Waals surface area contributed by atoms with Gasteiger partial charge in [-0.05, 0) is 74.0 Å². The third kappa shape index (κ3) is 2.72. The second-order valence-electron chi connectivity index (χ2n) is 8.16. The fourth-order valence-corrected chi connectivity index (χ4v) is 5.68. The van der Waals surface area contributed by atoms with Gasteiger partial charge in [-0.3, -0.25) is 9.59 Å². The summed E-state index contributed by atoms with van der Waals surface area (Å²) in [6.45, 7) is 0.550. The molecule has 4 aliphatic carbocycles. The van der Waals surface area contributed by atoms with E-state index in [0.717, 1.165) is 42.6 Å². The molecule has 4 nitrogen and oxygen atoms in total. The van der Waals surface area contributed by atoms with Gasteiger partial charge in [0.25, 0.3) is 5.91 Å². The van der Waals surface area contributed by atoms with Gasteiger partial charge in [-0.1, -0.05) is 12.1 Å². The van der Waals surface area contributed by atoms with Crippen LogP contribution in [0.4, 0.5) is 0 Å². The standard InChI is InChI=1S/C20H26N2O2/c1-21-18(23)17-4-2-13(3-5-17)12-22-19(24)20-9-14-6-15(10-20)8-16(7-14)11-20/h2-5,14-16H,6-12H2,1H3,(H,21,23)(H,22,24). The molecule has 128 valence electrons. The van der Waals surface area contributed by atoms with Gasteiger partial charge in [0, 0.05) is 24.6 Å². The SMILES string of the molecule is CNC(=O)c1ccc(CNC(=O)C23CC4CC(CC(C4)C2)C3)cc1. The molecule has 5 rings (SSSR count). The fourth-order valence-electron chi connectivity index (χ4n) is 5.68. The molecule has 0 spiro atoms. The fraction of sp³-hybridized carbons (Fsp3) is 0.600. The number of hydrogen-bond acceptors (Lipinski definition) is 2. The molecule has 0 heterocycles. The van der Waals surface area contributed by atoms with E-state index >= 15 is 0 Å². The third-order valence-electron chi connectivity index (χ3n) is 6.42. The smallest absolute Gasteiger partial charge is 0.251 e. The Bertz CT molecular complexity index is 615. The van der Waals surface area contributed by atoms with Crippen molar-refractivity contribution in [2.24, 2.45) is 23.2 Å². The Kier molecular flexibility index (Phi) is 3.86. The highest BCUT2D eigenvalue weighted by Gasteiger charge is 2.54. The summed E-state index contributed by atoms with van der Waals surface area (Å²) >= 11 is 0. The highest BCUT2D eigenvalue weighted by molar-refractivity contribution is 5.94. The molecule has 2 amide bonds. The Balaban J connectivity index is 1.39. The van der Waals surface area contributed by atoms with Crippen LogP contribution in [0.15, 0.2) is 24.3 Å². The summed E-state index contributed by atoms with van der Waals surface area (Å²) in [5.74, 6) is 2.53. The van der Waals surface area contributed by atoms with Crippen molar-refractivity contribution in [1.82, 2.24) is 10.6 Å². The van der Waals surface area contributed by atoms with Gasteiger partial charge in [0.05, 0.1) is 0 Å². The van der Waals surface area contributed by atoms with Crippen LogP contribution in [0.1, 0.15) is 54.4 Å². The Morgan fingerprint density at radius 1 is 1.00 bits per heavy atom.